The molecule has 0 spiro atoms. The van der Waals surface area contributed by atoms with E-state index < -0.39 is 0 Å². The lowest BCUT2D eigenvalue weighted by molar-refractivity contribution is 0.622. The fourth-order valence-corrected chi connectivity index (χ4v) is 3.06. The zero-order chi connectivity index (χ0) is 14.8. The third-order valence-electron chi connectivity index (χ3n) is 4.19. The highest BCUT2D eigenvalue weighted by Gasteiger charge is 2.25. The number of pyridine rings is 1. The highest BCUT2D eigenvalue weighted by molar-refractivity contribution is 5.70. The van der Waals surface area contributed by atoms with E-state index in [-0.39, 0.29) is 0 Å². The van der Waals surface area contributed by atoms with Crippen LogP contribution in [0.4, 0.5) is 5.82 Å². The van der Waals surface area contributed by atoms with Crippen LogP contribution in [-0.2, 0) is 6.54 Å². The van der Waals surface area contributed by atoms with Crippen LogP contribution in [0.25, 0.3) is 11.3 Å². The van der Waals surface area contributed by atoms with Crippen molar-refractivity contribution in [3.8, 4) is 23.6 Å². The van der Waals surface area contributed by atoms with Gasteiger partial charge in [-0.15, -0.1) is 6.42 Å². The topological polar surface area (TPSA) is 56.7 Å². The van der Waals surface area contributed by atoms with Crippen LogP contribution in [0, 0.1) is 19.3 Å². The predicted octanol–water partition coefficient (Wildman–Crippen LogP) is 3.13. The standard InChI is InChI=1S/C17H20N4/c1-3-10-21-16(18)15(14-9-8-12(2)19-11-14)20-17(21)13-6-4-5-7-13/h1,8-9,11,13H,4-7,10,18H2,2H3. The highest BCUT2D eigenvalue weighted by atomic mass is 15.1. The number of rotatable bonds is 3. The lowest BCUT2D eigenvalue weighted by atomic mass is 10.1. The summed E-state index contributed by atoms with van der Waals surface area (Å²) in [6.45, 7) is 2.44. The van der Waals surface area contributed by atoms with Gasteiger partial charge in [-0.1, -0.05) is 18.8 Å². The van der Waals surface area contributed by atoms with Crippen molar-refractivity contribution < 1.29 is 0 Å². The van der Waals surface area contributed by atoms with E-state index in [1.165, 1.54) is 25.7 Å². The maximum atomic E-state index is 6.31. The van der Waals surface area contributed by atoms with Crippen molar-refractivity contribution in [3.63, 3.8) is 0 Å². The van der Waals surface area contributed by atoms with Crippen molar-refractivity contribution in [2.45, 2.75) is 45.1 Å². The van der Waals surface area contributed by atoms with Crippen LogP contribution in [-0.4, -0.2) is 14.5 Å². The molecule has 0 amide bonds. The van der Waals surface area contributed by atoms with E-state index in [1.807, 2.05) is 29.8 Å². The van der Waals surface area contributed by atoms with Gasteiger partial charge in [0.15, 0.2) is 0 Å². The molecule has 1 saturated carbocycles. The average Bonchev–Trinajstić information content (AvgIpc) is 3.10. The van der Waals surface area contributed by atoms with Gasteiger partial charge in [0.05, 0.1) is 6.54 Å². The van der Waals surface area contributed by atoms with E-state index >= 15 is 0 Å². The Bertz CT molecular complexity index is 670. The molecule has 0 aromatic carbocycles. The smallest absolute Gasteiger partial charge is 0.132 e. The SMILES string of the molecule is C#CCn1c(C2CCCC2)nc(-c2ccc(C)nc2)c1N. The van der Waals surface area contributed by atoms with Gasteiger partial charge in [-0.25, -0.2) is 4.98 Å². The van der Waals surface area contributed by atoms with E-state index in [9.17, 15) is 0 Å². The number of aromatic nitrogens is 3. The molecular formula is C17H20N4. The molecule has 2 heterocycles. The Hall–Kier alpha value is -2.28. The third kappa shape index (κ3) is 2.52. The fraction of sp³-hybridized carbons (Fsp3) is 0.412. The molecule has 108 valence electrons. The molecule has 0 unspecified atom stereocenters. The summed E-state index contributed by atoms with van der Waals surface area (Å²) < 4.78 is 1.99. The Morgan fingerprint density at radius 2 is 2.14 bits per heavy atom. The first-order chi connectivity index (χ1) is 10.2. The summed E-state index contributed by atoms with van der Waals surface area (Å²) in [6.07, 6.45) is 12.2. The largest absolute Gasteiger partial charge is 0.383 e. The van der Waals surface area contributed by atoms with Crippen LogP contribution in [0.15, 0.2) is 18.3 Å². The average molecular weight is 280 g/mol. The molecule has 0 bridgehead atoms. The first-order valence-electron chi connectivity index (χ1n) is 7.43. The Labute approximate surface area is 125 Å². The Morgan fingerprint density at radius 1 is 1.38 bits per heavy atom. The van der Waals surface area contributed by atoms with Gasteiger partial charge >= 0.3 is 0 Å². The summed E-state index contributed by atoms with van der Waals surface area (Å²) in [5, 5.41) is 0. The quantitative estimate of drug-likeness (QED) is 0.879. The molecule has 0 atom stereocenters. The van der Waals surface area contributed by atoms with E-state index in [1.54, 1.807) is 0 Å². The summed E-state index contributed by atoms with van der Waals surface area (Å²) in [7, 11) is 0. The molecular weight excluding hydrogens is 260 g/mol. The molecule has 2 aromatic heterocycles. The lowest BCUT2D eigenvalue weighted by Gasteiger charge is -2.11. The minimum absolute atomic E-state index is 0.476. The van der Waals surface area contributed by atoms with Gasteiger partial charge in [0, 0.05) is 23.4 Å². The van der Waals surface area contributed by atoms with E-state index in [0.717, 1.165) is 22.8 Å². The molecule has 1 aliphatic rings. The van der Waals surface area contributed by atoms with Crippen molar-refractivity contribution in [1.82, 2.24) is 14.5 Å². The highest BCUT2D eigenvalue weighted by Crippen LogP contribution is 2.37. The summed E-state index contributed by atoms with van der Waals surface area (Å²) in [5.74, 6) is 4.86. The minimum atomic E-state index is 0.476. The number of anilines is 1. The number of imidazole rings is 1. The molecule has 1 aliphatic carbocycles. The van der Waals surface area contributed by atoms with Gasteiger partial charge < -0.3 is 10.3 Å². The van der Waals surface area contributed by atoms with Crippen molar-refractivity contribution in [3.05, 3.63) is 29.8 Å². The monoisotopic (exact) mass is 280 g/mol. The second-order valence-electron chi connectivity index (χ2n) is 5.66. The normalized spacial score (nSPS) is 15.2. The number of nitrogen functional groups attached to an aromatic ring is 1. The summed E-state index contributed by atoms with van der Waals surface area (Å²) in [6, 6.07) is 3.99. The number of nitrogens with zero attached hydrogens (tertiary/aromatic N) is 3. The molecule has 4 nitrogen and oxygen atoms in total. The van der Waals surface area contributed by atoms with Crippen molar-refractivity contribution in [1.29, 1.82) is 0 Å². The van der Waals surface area contributed by atoms with Gasteiger partial charge in [0.2, 0.25) is 0 Å². The second kappa shape index (κ2) is 5.61. The first kappa shape index (κ1) is 13.7. The Morgan fingerprint density at radius 3 is 2.76 bits per heavy atom. The molecule has 0 saturated heterocycles. The van der Waals surface area contributed by atoms with Crippen LogP contribution in [0.3, 0.4) is 0 Å². The van der Waals surface area contributed by atoms with Crippen LogP contribution >= 0.6 is 0 Å². The van der Waals surface area contributed by atoms with E-state index in [4.69, 9.17) is 17.1 Å². The van der Waals surface area contributed by atoms with Crippen LogP contribution in [0.1, 0.15) is 43.1 Å². The van der Waals surface area contributed by atoms with Gasteiger partial charge in [-0.3, -0.25) is 4.98 Å². The predicted molar refractivity (Wildman–Crippen MR) is 84.6 cm³/mol. The zero-order valence-corrected chi connectivity index (χ0v) is 12.3. The van der Waals surface area contributed by atoms with Crippen molar-refractivity contribution in [2.75, 3.05) is 5.73 Å². The van der Waals surface area contributed by atoms with Crippen LogP contribution in [0.5, 0.6) is 0 Å². The number of terminal acetylenes is 1. The molecule has 4 heteroatoms. The molecule has 0 radical (unpaired) electrons. The molecule has 21 heavy (non-hydrogen) atoms. The van der Waals surface area contributed by atoms with Crippen LogP contribution < -0.4 is 5.73 Å². The zero-order valence-electron chi connectivity index (χ0n) is 12.3. The first-order valence-corrected chi connectivity index (χ1v) is 7.43. The maximum absolute atomic E-state index is 6.31. The van der Waals surface area contributed by atoms with E-state index in [2.05, 4.69) is 10.9 Å². The Balaban J connectivity index is 2.07. The summed E-state index contributed by atoms with van der Waals surface area (Å²) in [4.78, 5) is 9.15. The lowest BCUT2D eigenvalue weighted by Crippen LogP contribution is -2.09. The minimum Gasteiger partial charge on any atom is -0.383 e. The Kier molecular flexibility index (Phi) is 3.66. The molecule has 0 aliphatic heterocycles. The molecule has 3 rings (SSSR count). The maximum Gasteiger partial charge on any atom is 0.132 e. The van der Waals surface area contributed by atoms with Crippen LogP contribution in [0.2, 0.25) is 0 Å². The number of hydrogen-bond donors (Lipinski definition) is 1. The van der Waals surface area contributed by atoms with Crippen molar-refractivity contribution >= 4 is 5.82 Å². The number of hydrogen-bond acceptors (Lipinski definition) is 3. The second-order valence-corrected chi connectivity index (χ2v) is 5.66. The van der Waals surface area contributed by atoms with Gasteiger partial charge in [-0.05, 0) is 31.9 Å². The van der Waals surface area contributed by atoms with E-state index in [0.29, 0.717) is 18.3 Å². The summed E-state index contributed by atoms with van der Waals surface area (Å²) >= 11 is 0. The van der Waals surface area contributed by atoms with Gasteiger partial charge in [-0.2, -0.15) is 0 Å². The van der Waals surface area contributed by atoms with Gasteiger partial charge in [0.1, 0.15) is 17.3 Å². The van der Waals surface area contributed by atoms with Gasteiger partial charge in [0.25, 0.3) is 0 Å². The number of aryl methyl sites for hydroxylation is 1. The fourth-order valence-electron chi connectivity index (χ4n) is 3.06. The molecule has 2 aromatic rings. The third-order valence-corrected chi connectivity index (χ3v) is 4.19. The molecule has 1 fully saturated rings. The summed E-state index contributed by atoms with van der Waals surface area (Å²) in [5.41, 5.74) is 9.04. The molecule has 2 N–H and O–H groups in total. The van der Waals surface area contributed by atoms with Crippen molar-refractivity contribution in [2.24, 2.45) is 0 Å². The number of nitrogens with two attached hydrogens (primary N) is 1.